The molecule has 1 aromatic rings. The molecule has 2 aliphatic heterocycles. The highest BCUT2D eigenvalue weighted by molar-refractivity contribution is 5.20. The molecule has 3 heterocycles. The molecule has 1 saturated heterocycles. The Kier molecular flexibility index (Phi) is 4.67. The summed E-state index contributed by atoms with van der Waals surface area (Å²) in [4.78, 5) is 22.5. The van der Waals surface area contributed by atoms with Gasteiger partial charge in [-0.05, 0) is 6.42 Å². The predicted octanol–water partition coefficient (Wildman–Crippen LogP) is 0.589. The van der Waals surface area contributed by atoms with Crippen molar-refractivity contribution >= 4 is 0 Å². The second-order valence-corrected chi connectivity index (χ2v) is 5.77. The van der Waals surface area contributed by atoms with Gasteiger partial charge in [0.25, 0.3) is 5.56 Å². The number of ether oxygens (including phenoxy) is 1. The Morgan fingerprint density at radius 3 is 2.95 bits per heavy atom. The first-order valence-corrected chi connectivity index (χ1v) is 7.94. The summed E-state index contributed by atoms with van der Waals surface area (Å²) in [7, 11) is 0. The minimum Gasteiger partial charge on any atom is -0.376 e. The van der Waals surface area contributed by atoms with Gasteiger partial charge in [0.2, 0.25) is 0 Å². The van der Waals surface area contributed by atoms with E-state index in [1.54, 1.807) is 0 Å². The third-order valence-electron chi connectivity index (χ3n) is 4.32. The van der Waals surface area contributed by atoms with Crippen molar-refractivity contribution in [1.82, 2.24) is 20.2 Å². The van der Waals surface area contributed by atoms with Crippen LogP contribution >= 0.6 is 0 Å². The number of hydrogen-bond acceptors (Lipinski definition) is 5. The van der Waals surface area contributed by atoms with Gasteiger partial charge in [-0.2, -0.15) is 0 Å². The van der Waals surface area contributed by atoms with E-state index in [1.165, 1.54) is 0 Å². The number of nitrogens with one attached hydrogen (secondary N) is 2. The van der Waals surface area contributed by atoms with Gasteiger partial charge in [0, 0.05) is 32.6 Å². The monoisotopic (exact) mass is 292 g/mol. The quantitative estimate of drug-likeness (QED) is 0.850. The highest BCUT2D eigenvalue weighted by Crippen LogP contribution is 2.24. The Hall–Kier alpha value is -1.24. The molecular weight excluding hydrogens is 268 g/mol. The maximum atomic E-state index is 12.3. The molecule has 0 amide bonds. The molecule has 3 rings (SSSR count). The molecule has 0 bridgehead atoms. The fourth-order valence-electron chi connectivity index (χ4n) is 3.18. The van der Waals surface area contributed by atoms with Crippen LogP contribution in [0.2, 0.25) is 0 Å². The smallest absolute Gasteiger partial charge is 0.256 e. The van der Waals surface area contributed by atoms with Gasteiger partial charge in [-0.25, -0.2) is 4.98 Å². The molecule has 1 aromatic heterocycles. The molecule has 1 fully saturated rings. The molecule has 0 aromatic carbocycles. The van der Waals surface area contributed by atoms with Crippen LogP contribution in [-0.2, 0) is 17.8 Å². The van der Waals surface area contributed by atoms with Gasteiger partial charge in [0.1, 0.15) is 5.82 Å². The molecule has 2 N–H and O–H groups in total. The van der Waals surface area contributed by atoms with E-state index >= 15 is 0 Å². The summed E-state index contributed by atoms with van der Waals surface area (Å²) >= 11 is 0. The van der Waals surface area contributed by atoms with E-state index in [1.807, 2.05) is 0 Å². The van der Waals surface area contributed by atoms with Gasteiger partial charge in [-0.3, -0.25) is 9.69 Å². The Labute approximate surface area is 124 Å². The van der Waals surface area contributed by atoms with Crippen molar-refractivity contribution in [2.75, 3.05) is 32.8 Å². The summed E-state index contributed by atoms with van der Waals surface area (Å²) in [6.07, 6.45) is 2.85. The summed E-state index contributed by atoms with van der Waals surface area (Å²) in [5.74, 6) is 0.837. The summed E-state index contributed by atoms with van der Waals surface area (Å²) < 4.78 is 5.36. The van der Waals surface area contributed by atoms with E-state index in [-0.39, 0.29) is 11.6 Å². The molecule has 2 aliphatic rings. The summed E-state index contributed by atoms with van der Waals surface area (Å²) in [6, 6.07) is 0.220. The van der Waals surface area contributed by atoms with Gasteiger partial charge >= 0.3 is 0 Å². The normalized spacial score (nSPS) is 21.0. The summed E-state index contributed by atoms with van der Waals surface area (Å²) in [6.45, 7) is 7.26. The Balaban J connectivity index is 1.91. The fraction of sp³-hybridized carbons (Fsp3) is 0.733. The van der Waals surface area contributed by atoms with Crippen molar-refractivity contribution in [2.24, 2.45) is 0 Å². The molecule has 6 heteroatoms. The molecule has 0 radical (unpaired) electrons. The van der Waals surface area contributed by atoms with Crippen molar-refractivity contribution in [2.45, 2.75) is 38.8 Å². The maximum absolute atomic E-state index is 12.3. The van der Waals surface area contributed by atoms with Gasteiger partial charge in [-0.15, -0.1) is 0 Å². The van der Waals surface area contributed by atoms with Crippen molar-refractivity contribution in [3.05, 3.63) is 27.4 Å². The number of nitrogens with zero attached hydrogens (tertiary/aromatic N) is 2. The number of aromatic amines is 1. The van der Waals surface area contributed by atoms with Crippen molar-refractivity contribution in [3.8, 4) is 0 Å². The number of fused-ring (bicyclic) bond motifs is 1. The first-order chi connectivity index (χ1) is 10.3. The predicted molar refractivity (Wildman–Crippen MR) is 80.3 cm³/mol. The molecule has 0 aliphatic carbocycles. The molecule has 21 heavy (non-hydrogen) atoms. The van der Waals surface area contributed by atoms with Gasteiger partial charge in [-0.1, -0.05) is 13.3 Å². The highest BCUT2D eigenvalue weighted by Gasteiger charge is 2.25. The van der Waals surface area contributed by atoms with Gasteiger partial charge in [0.05, 0.1) is 30.5 Å². The topological polar surface area (TPSA) is 70.2 Å². The van der Waals surface area contributed by atoms with Crippen LogP contribution in [0.1, 0.15) is 42.9 Å². The lowest BCUT2D eigenvalue weighted by molar-refractivity contribution is 0.106. The van der Waals surface area contributed by atoms with E-state index in [9.17, 15) is 4.79 Å². The molecule has 1 atom stereocenters. The minimum atomic E-state index is -0.0223. The zero-order chi connectivity index (χ0) is 14.7. The number of aromatic nitrogens is 2. The molecule has 6 nitrogen and oxygen atoms in total. The number of H-pyrrole nitrogens is 1. The largest absolute Gasteiger partial charge is 0.376 e. The van der Waals surface area contributed by atoms with Crippen molar-refractivity contribution < 1.29 is 4.74 Å². The number of hydrogen-bond donors (Lipinski definition) is 2. The standard InChI is InChI=1S/C15H24N4O2/c1-2-3-13(19-7-5-16-6-8-19)14-17-12-4-9-21-10-11(12)15(20)18-14/h13,16H,2-10H2,1H3,(H,17,18,20). The SMILES string of the molecule is CCCC(c1nc2c(c(=O)[nH]1)COCC2)N1CCNCC1. The first-order valence-electron chi connectivity index (χ1n) is 7.94. The van der Waals surface area contributed by atoms with Crippen LogP contribution in [0.15, 0.2) is 4.79 Å². The van der Waals surface area contributed by atoms with E-state index in [0.717, 1.165) is 57.0 Å². The van der Waals surface area contributed by atoms with Crippen LogP contribution in [0.5, 0.6) is 0 Å². The number of piperazine rings is 1. The fourth-order valence-corrected chi connectivity index (χ4v) is 3.18. The third kappa shape index (κ3) is 3.17. The van der Waals surface area contributed by atoms with E-state index in [2.05, 4.69) is 22.1 Å². The molecule has 0 spiro atoms. The lowest BCUT2D eigenvalue weighted by Gasteiger charge is -2.34. The third-order valence-corrected chi connectivity index (χ3v) is 4.32. The van der Waals surface area contributed by atoms with Crippen LogP contribution in [0, 0.1) is 0 Å². The Bertz CT molecular complexity index is 537. The van der Waals surface area contributed by atoms with Crippen LogP contribution in [-0.4, -0.2) is 47.7 Å². The summed E-state index contributed by atoms with van der Waals surface area (Å²) in [5, 5.41) is 3.37. The second kappa shape index (κ2) is 6.68. The van der Waals surface area contributed by atoms with E-state index < -0.39 is 0 Å². The molecule has 0 saturated carbocycles. The molecular formula is C15H24N4O2. The lowest BCUT2D eigenvalue weighted by atomic mass is 10.1. The average molecular weight is 292 g/mol. The zero-order valence-electron chi connectivity index (χ0n) is 12.7. The van der Waals surface area contributed by atoms with E-state index in [4.69, 9.17) is 9.72 Å². The average Bonchev–Trinajstić information content (AvgIpc) is 2.53. The van der Waals surface area contributed by atoms with Crippen molar-refractivity contribution in [3.63, 3.8) is 0 Å². The van der Waals surface area contributed by atoms with Crippen molar-refractivity contribution in [1.29, 1.82) is 0 Å². The maximum Gasteiger partial charge on any atom is 0.256 e. The first kappa shape index (κ1) is 14.7. The van der Waals surface area contributed by atoms with E-state index in [0.29, 0.717) is 18.8 Å². The Morgan fingerprint density at radius 1 is 1.38 bits per heavy atom. The van der Waals surface area contributed by atoms with Gasteiger partial charge in [0.15, 0.2) is 0 Å². The Morgan fingerprint density at radius 2 is 2.19 bits per heavy atom. The molecule has 1 unspecified atom stereocenters. The minimum absolute atomic E-state index is 0.0223. The van der Waals surface area contributed by atoms with Crippen LogP contribution in [0.3, 0.4) is 0 Å². The zero-order valence-corrected chi connectivity index (χ0v) is 12.7. The van der Waals surface area contributed by atoms with Crippen LogP contribution in [0.4, 0.5) is 0 Å². The summed E-state index contributed by atoms with van der Waals surface area (Å²) in [5.41, 5.74) is 1.61. The van der Waals surface area contributed by atoms with Gasteiger partial charge < -0.3 is 15.0 Å². The van der Waals surface area contributed by atoms with Crippen LogP contribution in [0.25, 0.3) is 0 Å². The number of rotatable bonds is 4. The highest BCUT2D eigenvalue weighted by atomic mass is 16.5. The lowest BCUT2D eigenvalue weighted by Crippen LogP contribution is -2.46. The van der Waals surface area contributed by atoms with Crippen LogP contribution < -0.4 is 10.9 Å². The molecule has 116 valence electrons. The second-order valence-electron chi connectivity index (χ2n) is 5.77.